The summed E-state index contributed by atoms with van der Waals surface area (Å²) in [4.78, 5) is 34.8. The molecule has 2 N–H and O–H groups in total. The van der Waals surface area contributed by atoms with Crippen molar-refractivity contribution in [2.45, 2.75) is 89.0 Å². The maximum absolute atomic E-state index is 14.4. The predicted octanol–water partition coefficient (Wildman–Crippen LogP) is 7.22. The van der Waals surface area contributed by atoms with E-state index in [0.717, 1.165) is 81.5 Å². The summed E-state index contributed by atoms with van der Waals surface area (Å²) in [6.07, 6.45) is 12.1. The Hall–Kier alpha value is -3.27. The molecule has 0 saturated heterocycles. The van der Waals surface area contributed by atoms with Crippen LogP contribution in [0, 0.1) is 18.8 Å². The van der Waals surface area contributed by atoms with Gasteiger partial charge in [0.15, 0.2) is 0 Å². The molecule has 3 aliphatic rings. The number of thiazole rings is 1. The fourth-order valence-electron chi connectivity index (χ4n) is 7.50. The number of rotatable bonds is 14. The lowest BCUT2D eigenvalue weighted by atomic mass is 9.78. The third-order valence-corrected chi connectivity index (χ3v) is 11.7. The summed E-state index contributed by atoms with van der Waals surface area (Å²) >= 11 is 1.79. The first-order chi connectivity index (χ1) is 23.4. The number of aryl methyl sites for hydroxylation is 1. The van der Waals surface area contributed by atoms with Crippen molar-refractivity contribution >= 4 is 28.8 Å². The molecule has 0 bridgehead atoms. The highest BCUT2D eigenvalue weighted by Gasteiger charge is 2.33. The van der Waals surface area contributed by atoms with Gasteiger partial charge in [0.1, 0.15) is 12.4 Å². The molecular formula is C39H52N4O4S. The second-order valence-corrected chi connectivity index (χ2v) is 15.1. The van der Waals surface area contributed by atoms with Crippen molar-refractivity contribution in [2.24, 2.45) is 11.8 Å². The van der Waals surface area contributed by atoms with Crippen molar-refractivity contribution in [3.05, 3.63) is 64.8 Å². The van der Waals surface area contributed by atoms with E-state index in [1.54, 1.807) is 18.4 Å². The Labute approximate surface area is 290 Å². The van der Waals surface area contributed by atoms with Gasteiger partial charge in [0, 0.05) is 42.9 Å². The summed E-state index contributed by atoms with van der Waals surface area (Å²) in [6, 6.07) is 15.3. The van der Waals surface area contributed by atoms with Gasteiger partial charge in [-0.05, 0) is 125 Å². The van der Waals surface area contributed by atoms with Gasteiger partial charge in [0.05, 0.1) is 23.6 Å². The van der Waals surface area contributed by atoms with Gasteiger partial charge in [-0.15, -0.1) is 11.3 Å². The van der Waals surface area contributed by atoms with E-state index in [9.17, 15) is 9.59 Å². The normalized spacial score (nSPS) is 22.6. The number of amides is 2. The number of ether oxygens (including phenoxy) is 2. The van der Waals surface area contributed by atoms with Crippen LogP contribution in [0.2, 0.25) is 0 Å². The van der Waals surface area contributed by atoms with Gasteiger partial charge < -0.3 is 25.0 Å². The molecule has 0 aliphatic heterocycles. The smallest absolute Gasteiger partial charge is 0.246 e. The molecule has 0 atom stereocenters. The highest BCUT2D eigenvalue weighted by Crippen LogP contribution is 2.44. The van der Waals surface area contributed by atoms with Crippen LogP contribution in [0.25, 0.3) is 10.4 Å². The van der Waals surface area contributed by atoms with Crippen molar-refractivity contribution in [1.29, 1.82) is 0 Å². The van der Waals surface area contributed by atoms with Crippen LogP contribution < -0.4 is 20.3 Å². The molecule has 0 unspecified atom stereocenters. The van der Waals surface area contributed by atoms with Crippen LogP contribution in [0.15, 0.2) is 48.7 Å². The van der Waals surface area contributed by atoms with Crippen molar-refractivity contribution < 1.29 is 19.1 Å². The Balaban J connectivity index is 1.12. The third kappa shape index (κ3) is 8.84. The Bertz CT molecular complexity index is 1520. The summed E-state index contributed by atoms with van der Waals surface area (Å²) in [5.74, 6) is 2.68. The van der Waals surface area contributed by atoms with E-state index in [2.05, 4.69) is 64.9 Å². The minimum atomic E-state index is -0.0763. The second-order valence-electron chi connectivity index (χ2n) is 14.1. The third-order valence-electron chi connectivity index (χ3n) is 10.5. The Kier molecular flexibility index (Phi) is 11.8. The number of benzene rings is 2. The molecule has 0 radical (unpaired) electrons. The van der Waals surface area contributed by atoms with Gasteiger partial charge in [-0.3, -0.25) is 9.59 Å². The molecule has 0 spiro atoms. The van der Waals surface area contributed by atoms with Crippen LogP contribution in [-0.2, 0) is 14.3 Å². The number of methoxy groups -OCH3 is 1. The van der Waals surface area contributed by atoms with Crippen molar-refractivity contribution in [3.63, 3.8) is 0 Å². The predicted molar refractivity (Wildman–Crippen MR) is 193 cm³/mol. The molecule has 48 heavy (non-hydrogen) atoms. The van der Waals surface area contributed by atoms with E-state index in [1.165, 1.54) is 33.9 Å². The lowest BCUT2D eigenvalue weighted by molar-refractivity contribution is -0.126. The van der Waals surface area contributed by atoms with E-state index in [1.807, 2.05) is 13.2 Å². The zero-order chi connectivity index (χ0) is 33.5. The average Bonchev–Trinajstić information content (AvgIpc) is 3.85. The molecule has 2 amide bonds. The lowest BCUT2D eigenvalue weighted by Gasteiger charge is -2.36. The number of aromatic nitrogens is 1. The number of hydrogen-bond donors (Lipinski definition) is 2. The monoisotopic (exact) mass is 672 g/mol. The van der Waals surface area contributed by atoms with Crippen molar-refractivity contribution in [1.82, 2.24) is 15.6 Å². The molecule has 258 valence electrons. The van der Waals surface area contributed by atoms with E-state index in [4.69, 9.17) is 14.5 Å². The maximum Gasteiger partial charge on any atom is 0.246 e. The van der Waals surface area contributed by atoms with Crippen LogP contribution >= 0.6 is 11.3 Å². The minimum absolute atomic E-state index is 0.0443. The molecule has 3 saturated carbocycles. The largest absolute Gasteiger partial charge is 0.496 e. The molecule has 1 heterocycles. The Morgan fingerprint density at radius 1 is 0.958 bits per heavy atom. The van der Waals surface area contributed by atoms with Gasteiger partial charge in [0.2, 0.25) is 11.8 Å². The SMILES string of the molecule is CNCCOCC(=O)N[C@H]1CC[C@H](C(=O)N(C[C@H]2CC[C@H](c3ccc(OC)c(C)c3)CC2)c2cccc(-c3cnc(C4CC4)s3)c2)CC1. The van der Waals surface area contributed by atoms with Gasteiger partial charge >= 0.3 is 0 Å². The summed E-state index contributed by atoms with van der Waals surface area (Å²) in [7, 11) is 3.59. The fraction of sp³-hybridized carbons (Fsp3) is 0.564. The van der Waals surface area contributed by atoms with Gasteiger partial charge in [0.25, 0.3) is 0 Å². The molecule has 8 nitrogen and oxygen atoms in total. The second kappa shape index (κ2) is 16.4. The average molecular weight is 673 g/mol. The van der Waals surface area contributed by atoms with Crippen molar-refractivity contribution in [2.75, 3.05) is 45.4 Å². The standard InChI is InChI=1S/C39H52N4O4S/c1-26-21-31(15-18-35(26)46-3)28-9-7-27(8-10-28)24-43(34-6-4-5-32(22-34)36-23-41-38(48-36)29-11-12-29)39(45)30-13-16-33(17-14-30)42-37(44)25-47-20-19-40-2/h4-6,15,18,21-23,27-30,33,40H,7-14,16-17,19-20,24-25H2,1-3H3,(H,42,44)/t27-,28-,30-,33-. The first kappa shape index (κ1) is 34.6. The zero-order valence-corrected chi connectivity index (χ0v) is 29.7. The Morgan fingerprint density at radius 3 is 2.44 bits per heavy atom. The molecule has 3 aromatic rings. The molecule has 2 aromatic carbocycles. The summed E-state index contributed by atoms with van der Waals surface area (Å²) in [5, 5.41) is 7.38. The van der Waals surface area contributed by atoms with Gasteiger partial charge in [-0.1, -0.05) is 24.3 Å². The number of carbonyl (C=O) groups is 2. The molecule has 6 rings (SSSR count). The first-order valence-electron chi connectivity index (χ1n) is 18.0. The van der Waals surface area contributed by atoms with Crippen LogP contribution in [0.3, 0.4) is 0 Å². The van der Waals surface area contributed by atoms with Crippen LogP contribution in [0.5, 0.6) is 5.75 Å². The molecule has 3 fully saturated rings. The molecule has 3 aliphatic carbocycles. The van der Waals surface area contributed by atoms with Gasteiger partial charge in [-0.25, -0.2) is 4.98 Å². The summed E-state index contributed by atoms with van der Waals surface area (Å²) in [6.45, 7) is 4.16. The number of likely N-dealkylation sites (N-methyl/N-ethyl adjacent to an activating group) is 1. The number of carbonyl (C=O) groups excluding carboxylic acids is 2. The Morgan fingerprint density at radius 2 is 1.73 bits per heavy atom. The molecule has 9 heteroatoms. The maximum atomic E-state index is 14.4. The van der Waals surface area contributed by atoms with E-state index < -0.39 is 0 Å². The quantitative estimate of drug-likeness (QED) is 0.176. The zero-order valence-electron chi connectivity index (χ0n) is 28.8. The van der Waals surface area contributed by atoms with Crippen LogP contribution in [-0.4, -0.2) is 63.3 Å². The first-order valence-corrected chi connectivity index (χ1v) is 18.8. The fourth-order valence-corrected chi connectivity index (χ4v) is 8.58. The van der Waals surface area contributed by atoms with E-state index >= 15 is 0 Å². The van der Waals surface area contributed by atoms with Crippen LogP contribution in [0.1, 0.15) is 92.2 Å². The number of nitrogens with one attached hydrogen (secondary N) is 2. The highest BCUT2D eigenvalue weighted by molar-refractivity contribution is 7.15. The number of nitrogens with zero attached hydrogens (tertiary/aromatic N) is 2. The van der Waals surface area contributed by atoms with E-state index in [-0.39, 0.29) is 30.4 Å². The van der Waals surface area contributed by atoms with Gasteiger partial charge in [-0.2, -0.15) is 0 Å². The lowest BCUT2D eigenvalue weighted by Crippen LogP contribution is -2.44. The topological polar surface area (TPSA) is 92.8 Å². The van der Waals surface area contributed by atoms with E-state index in [0.29, 0.717) is 24.4 Å². The van der Waals surface area contributed by atoms with Crippen LogP contribution in [0.4, 0.5) is 5.69 Å². The van der Waals surface area contributed by atoms with Crippen molar-refractivity contribution in [3.8, 4) is 16.2 Å². The highest BCUT2D eigenvalue weighted by atomic mass is 32.1. The number of anilines is 1. The molecule has 1 aromatic heterocycles. The molecular weight excluding hydrogens is 621 g/mol. The number of hydrogen-bond acceptors (Lipinski definition) is 7. The minimum Gasteiger partial charge on any atom is -0.496 e. The summed E-state index contributed by atoms with van der Waals surface area (Å²) < 4.78 is 10.9. The summed E-state index contributed by atoms with van der Waals surface area (Å²) in [5.41, 5.74) is 4.71.